The molecule has 3 saturated carbocycles. The second kappa shape index (κ2) is 9.25. The smallest absolute Gasteiger partial charge is 0.283 e. The zero-order valence-electron chi connectivity index (χ0n) is 19.2. The van der Waals surface area contributed by atoms with Crippen LogP contribution in [0.4, 0.5) is 5.69 Å². The molecule has 3 fully saturated rings. The van der Waals surface area contributed by atoms with Crippen molar-refractivity contribution in [1.82, 2.24) is 20.1 Å². The predicted octanol–water partition coefficient (Wildman–Crippen LogP) is 3.86. The molecule has 0 unspecified atom stereocenters. The second-order valence-electron chi connectivity index (χ2n) is 9.62. The van der Waals surface area contributed by atoms with Crippen molar-refractivity contribution in [2.45, 2.75) is 52.7 Å². The van der Waals surface area contributed by atoms with Crippen molar-refractivity contribution in [2.24, 2.45) is 23.2 Å². The van der Waals surface area contributed by atoms with Crippen molar-refractivity contribution < 1.29 is 9.53 Å². The lowest BCUT2D eigenvalue weighted by Crippen LogP contribution is -2.58. The third-order valence-corrected chi connectivity index (χ3v) is 8.71. The maximum Gasteiger partial charge on any atom is 0.283 e. The molecule has 2 aromatic rings. The fourth-order valence-electron chi connectivity index (χ4n) is 5.39. The summed E-state index contributed by atoms with van der Waals surface area (Å²) in [4.78, 5) is 29.3. The Kier molecular flexibility index (Phi) is 6.73. The molecule has 8 nitrogen and oxygen atoms in total. The van der Waals surface area contributed by atoms with E-state index in [0.717, 1.165) is 11.1 Å². The van der Waals surface area contributed by atoms with Crippen molar-refractivity contribution in [3.05, 3.63) is 44.0 Å². The van der Waals surface area contributed by atoms with Gasteiger partial charge in [-0.2, -0.15) is 5.10 Å². The third-order valence-electron chi connectivity index (χ3n) is 7.62. The number of fused-ring (bicyclic) bond motifs is 2. The zero-order chi connectivity index (χ0) is 23.9. The molecule has 0 spiro atoms. The predicted molar refractivity (Wildman–Crippen MR) is 130 cm³/mol. The van der Waals surface area contributed by atoms with Crippen LogP contribution in [0.2, 0.25) is 5.02 Å². The molecule has 0 aliphatic heterocycles. The molecule has 10 heteroatoms. The van der Waals surface area contributed by atoms with E-state index in [-0.39, 0.29) is 24.6 Å². The van der Waals surface area contributed by atoms with Crippen LogP contribution in [0, 0.1) is 23.2 Å². The summed E-state index contributed by atoms with van der Waals surface area (Å²) in [6.07, 6.45) is 7.00. The van der Waals surface area contributed by atoms with Gasteiger partial charge in [0.15, 0.2) is 0 Å². The van der Waals surface area contributed by atoms with E-state index in [1.54, 1.807) is 6.20 Å². The van der Waals surface area contributed by atoms with Gasteiger partial charge in [0.1, 0.15) is 16.8 Å². The number of anilines is 1. The lowest BCUT2D eigenvalue weighted by molar-refractivity contribution is -0.122. The van der Waals surface area contributed by atoms with Crippen LogP contribution >= 0.6 is 27.5 Å². The number of pyridine rings is 1. The minimum atomic E-state index is -0.365. The van der Waals surface area contributed by atoms with E-state index in [9.17, 15) is 9.59 Å². The number of halogens is 2. The van der Waals surface area contributed by atoms with Crippen LogP contribution in [0.5, 0.6) is 5.75 Å². The molecule has 2 bridgehead atoms. The molecule has 2 aromatic heterocycles. The Bertz CT molecular complexity index is 1120. The van der Waals surface area contributed by atoms with Crippen LogP contribution in [0.15, 0.2) is 27.9 Å². The molecule has 5 rings (SSSR count). The molecule has 33 heavy (non-hydrogen) atoms. The SMILES string of the molecule is COc1cncc(Cl)c1CNC(=O)Cn1ncc(N[C@@H]2C[C@@H]3C[C@H]([C@H]2C)C3(C)C)c(Br)c1=O. The first-order valence-electron chi connectivity index (χ1n) is 11.1. The molecule has 3 aliphatic carbocycles. The quantitative estimate of drug-likeness (QED) is 0.556. The summed E-state index contributed by atoms with van der Waals surface area (Å²) in [7, 11) is 1.51. The molecule has 3 aliphatic rings. The second-order valence-corrected chi connectivity index (χ2v) is 10.8. The number of hydrogen-bond donors (Lipinski definition) is 2. The lowest BCUT2D eigenvalue weighted by atomic mass is 9.45. The maximum absolute atomic E-state index is 12.8. The molecule has 0 aromatic carbocycles. The highest BCUT2D eigenvalue weighted by molar-refractivity contribution is 9.10. The number of carbonyl (C=O) groups is 1. The molecule has 178 valence electrons. The molecule has 4 atom stereocenters. The molecule has 1 amide bonds. The normalized spacial score (nSPS) is 25.2. The summed E-state index contributed by atoms with van der Waals surface area (Å²) >= 11 is 9.57. The standard InChI is InChI=1S/C23H29BrClN5O3/c1-12-15-5-13(23(15,2)3)6-17(12)29-18-9-28-30(22(32)21(18)24)11-20(31)27-7-14-16(25)8-26-10-19(14)33-4/h8-10,12-13,15,17,29H,5-7,11H2,1-4H3,(H,27,31)/t12-,13+,15-,17-/m1/s1. The number of amides is 1. The number of hydrogen-bond acceptors (Lipinski definition) is 6. The van der Waals surface area contributed by atoms with E-state index in [0.29, 0.717) is 55.7 Å². The number of nitrogens with one attached hydrogen (secondary N) is 2. The first-order valence-corrected chi connectivity index (χ1v) is 12.3. The van der Waals surface area contributed by atoms with Gasteiger partial charge in [-0.05, 0) is 51.9 Å². The Balaban J connectivity index is 1.40. The number of ether oxygens (including phenoxy) is 1. The van der Waals surface area contributed by atoms with E-state index >= 15 is 0 Å². The highest BCUT2D eigenvalue weighted by atomic mass is 79.9. The van der Waals surface area contributed by atoms with E-state index in [4.69, 9.17) is 16.3 Å². The number of aromatic nitrogens is 3. The van der Waals surface area contributed by atoms with Crippen molar-refractivity contribution in [2.75, 3.05) is 12.4 Å². The van der Waals surface area contributed by atoms with Crippen molar-refractivity contribution in [3.63, 3.8) is 0 Å². The van der Waals surface area contributed by atoms with E-state index in [1.807, 2.05) is 0 Å². The van der Waals surface area contributed by atoms with Gasteiger partial charge in [-0.15, -0.1) is 0 Å². The number of rotatable bonds is 7. The average molecular weight is 539 g/mol. The van der Waals surface area contributed by atoms with Gasteiger partial charge in [-0.3, -0.25) is 14.6 Å². The topological polar surface area (TPSA) is 98.1 Å². The molecule has 2 N–H and O–H groups in total. The Morgan fingerprint density at radius 2 is 2.09 bits per heavy atom. The Hall–Kier alpha value is -2.13. The van der Waals surface area contributed by atoms with Crippen molar-refractivity contribution in [1.29, 1.82) is 0 Å². The molecule has 0 saturated heterocycles. The average Bonchev–Trinajstić information content (AvgIpc) is 2.78. The fraction of sp³-hybridized carbons (Fsp3) is 0.565. The van der Waals surface area contributed by atoms with Crippen LogP contribution in [0.1, 0.15) is 39.2 Å². The van der Waals surface area contributed by atoms with Crippen LogP contribution in [-0.2, 0) is 17.9 Å². The summed E-state index contributed by atoms with van der Waals surface area (Å²) in [5.74, 6) is 2.03. The maximum atomic E-state index is 12.8. The summed E-state index contributed by atoms with van der Waals surface area (Å²) in [5.41, 5.74) is 1.32. The zero-order valence-corrected chi connectivity index (χ0v) is 21.5. The van der Waals surface area contributed by atoms with Crippen LogP contribution in [-0.4, -0.2) is 33.8 Å². The van der Waals surface area contributed by atoms with Crippen molar-refractivity contribution >= 4 is 39.1 Å². The van der Waals surface area contributed by atoms with E-state index in [1.165, 1.54) is 25.9 Å². The van der Waals surface area contributed by atoms with E-state index < -0.39 is 0 Å². The van der Waals surface area contributed by atoms with Gasteiger partial charge in [-0.1, -0.05) is 32.4 Å². The van der Waals surface area contributed by atoms with Gasteiger partial charge in [-0.25, -0.2) is 4.68 Å². The number of carbonyl (C=O) groups excluding carboxylic acids is 1. The molecular formula is C23H29BrClN5O3. The van der Waals surface area contributed by atoms with Gasteiger partial charge in [0.2, 0.25) is 5.91 Å². The van der Waals surface area contributed by atoms with Crippen LogP contribution < -0.4 is 20.9 Å². The molecule has 2 heterocycles. The van der Waals surface area contributed by atoms with Gasteiger partial charge in [0.05, 0.1) is 30.2 Å². The summed E-state index contributed by atoms with van der Waals surface area (Å²) in [5, 5.41) is 10.9. The largest absolute Gasteiger partial charge is 0.495 e. The lowest BCUT2D eigenvalue weighted by Gasteiger charge is -2.62. The Morgan fingerprint density at radius 1 is 1.33 bits per heavy atom. The number of methoxy groups -OCH3 is 1. The highest BCUT2D eigenvalue weighted by Crippen LogP contribution is 2.61. The molecular weight excluding hydrogens is 510 g/mol. The van der Waals surface area contributed by atoms with Crippen LogP contribution in [0.25, 0.3) is 0 Å². The first kappa shape index (κ1) is 24.0. The first-order chi connectivity index (χ1) is 15.6. The van der Waals surface area contributed by atoms with Gasteiger partial charge in [0.25, 0.3) is 5.56 Å². The third kappa shape index (κ3) is 4.49. The Morgan fingerprint density at radius 3 is 2.76 bits per heavy atom. The number of nitrogens with zero attached hydrogens (tertiary/aromatic N) is 3. The molecule has 0 radical (unpaired) electrons. The fourth-order valence-corrected chi connectivity index (χ4v) is 6.03. The van der Waals surface area contributed by atoms with Gasteiger partial charge >= 0.3 is 0 Å². The highest BCUT2D eigenvalue weighted by Gasteiger charge is 2.56. The minimum Gasteiger partial charge on any atom is -0.495 e. The van der Waals surface area contributed by atoms with E-state index in [2.05, 4.69) is 57.4 Å². The van der Waals surface area contributed by atoms with Gasteiger partial charge in [0, 0.05) is 24.3 Å². The summed E-state index contributed by atoms with van der Waals surface area (Å²) < 4.78 is 6.76. The van der Waals surface area contributed by atoms with Gasteiger partial charge < -0.3 is 15.4 Å². The Labute approximate surface area is 206 Å². The summed E-state index contributed by atoms with van der Waals surface area (Å²) in [6, 6.07) is 0.304. The van der Waals surface area contributed by atoms with Crippen molar-refractivity contribution in [3.8, 4) is 5.75 Å². The summed E-state index contributed by atoms with van der Waals surface area (Å²) in [6.45, 7) is 6.95. The van der Waals surface area contributed by atoms with Crippen LogP contribution in [0.3, 0.4) is 0 Å². The minimum absolute atomic E-state index is 0.150. The monoisotopic (exact) mass is 537 g/mol.